The molecule has 17 heavy (non-hydrogen) atoms. The van der Waals surface area contributed by atoms with E-state index in [0.717, 1.165) is 12.2 Å². The Bertz CT molecular complexity index is 273. The first-order valence-electron chi connectivity index (χ1n) is 5.58. The lowest BCUT2D eigenvalue weighted by Gasteiger charge is -2.32. The maximum atomic E-state index is 12.0. The SMILES string of the molecule is CCC(CSC)N(C)C(=O)N(C)C(C)C(=O)O. The van der Waals surface area contributed by atoms with Gasteiger partial charge in [0.1, 0.15) is 6.04 Å². The molecule has 0 rings (SSSR count). The van der Waals surface area contributed by atoms with Crippen LogP contribution >= 0.6 is 11.8 Å². The van der Waals surface area contributed by atoms with E-state index in [2.05, 4.69) is 0 Å². The first-order valence-corrected chi connectivity index (χ1v) is 6.97. The van der Waals surface area contributed by atoms with Gasteiger partial charge in [0.25, 0.3) is 0 Å². The highest BCUT2D eigenvalue weighted by atomic mass is 32.2. The number of nitrogens with zero attached hydrogens (tertiary/aromatic N) is 2. The van der Waals surface area contributed by atoms with Crippen LogP contribution in [0.3, 0.4) is 0 Å². The summed E-state index contributed by atoms with van der Waals surface area (Å²) in [6.45, 7) is 3.52. The van der Waals surface area contributed by atoms with E-state index < -0.39 is 12.0 Å². The summed E-state index contributed by atoms with van der Waals surface area (Å²) in [5.41, 5.74) is 0. The topological polar surface area (TPSA) is 60.9 Å². The number of hydrogen-bond acceptors (Lipinski definition) is 3. The predicted molar refractivity (Wildman–Crippen MR) is 70.5 cm³/mol. The molecule has 2 amide bonds. The van der Waals surface area contributed by atoms with Crippen LogP contribution in [-0.2, 0) is 4.79 Å². The summed E-state index contributed by atoms with van der Waals surface area (Å²) in [6, 6.07) is -0.918. The van der Waals surface area contributed by atoms with E-state index in [9.17, 15) is 9.59 Å². The molecule has 0 saturated heterocycles. The van der Waals surface area contributed by atoms with Crippen LogP contribution in [0.1, 0.15) is 20.3 Å². The quantitative estimate of drug-likeness (QED) is 0.789. The summed E-state index contributed by atoms with van der Waals surface area (Å²) in [5.74, 6) is -0.138. The van der Waals surface area contributed by atoms with E-state index in [-0.39, 0.29) is 12.1 Å². The molecule has 0 fully saturated rings. The number of urea groups is 1. The standard InChI is InChI=1S/C11H22N2O3S/c1-6-9(7-17-5)13(4)11(16)12(3)8(2)10(14)15/h8-9H,6-7H2,1-5H3,(H,14,15). The molecule has 0 saturated carbocycles. The van der Waals surface area contributed by atoms with Crippen LogP contribution in [0.4, 0.5) is 4.79 Å². The van der Waals surface area contributed by atoms with E-state index in [0.29, 0.717) is 0 Å². The molecule has 0 aromatic rings. The monoisotopic (exact) mass is 262 g/mol. The second-order valence-electron chi connectivity index (χ2n) is 4.04. The largest absolute Gasteiger partial charge is 0.480 e. The minimum absolute atomic E-state index is 0.140. The summed E-state index contributed by atoms with van der Waals surface area (Å²) in [6.07, 6.45) is 2.85. The maximum absolute atomic E-state index is 12.0. The minimum atomic E-state index is -0.993. The lowest BCUT2D eigenvalue weighted by Crippen LogP contribution is -2.50. The van der Waals surface area contributed by atoms with E-state index in [4.69, 9.17) is 5.11 Å². The summed E-state index contributed by atoms with van der Waals surface area (Å²) < 4.78 is 0. The van der Waals surface area contributed by atoms with Crippen molar-refractivity contribution < 1.29 is 14.7 Å². The van der Waals surface area contributed by atoms with E-state index in [1.54, 1.807) is 23.7 Å². The molecule has 1 N–H and O–H groups in total. The molecular weight excluding hydrogens is 240 g/mol. The van der Waals surface area contributed by atoms with Crippen molar-refractivity contribution in [2.75, 3.05) is 26.1 Å². The van der Waals surface area contributed by atoms with Gasteiger partial charge in [-0.05, 0) is 19.6 Å². The van der Waals surface area contributed by atoms with Gasteiger partial charge in [-0.15, -0.1) is 0 Å². The molecule has 0 aromatic heterocycles. The molecule has 2 atom stereocenters. The number of carboxylic acids is 1. The van der Waals surface area contributed by atoms with Crippen LogP contribution in [0, 0.1) is 0 Å². The number of likely N-dealkylation sites (N-methyl/N-ethyl adjacent to an activating group) is 1. The highest BCUT2D eigenvalue weighted by molar-refractivity contribution is 7.98. The molecule has 0 aliphatic rings. The third-order valence-electron chi connectivity index (χ3n) is 2.92. The molecule has 5 nitrogen and oxygen atoms in total. The van der Waals surface area contributed by atoms with E-state index in [1.807, 2.05) is 13.2 Å². The second kappa shape index (κ2) is 7.42. The smallest absolute Gasteiger partial charge is 0.326 e. The number of rotatable bonds is 6. The van der Waals surface area contributed by atoms with Gasteiger partial charge in [0.2, 0.25) is 0 Å². The molecule has 0 aliphatic carbocycles. The van der Waals surface area contributed by atoms with Gasteiger partial charge in [0.15, 0.2) is 0 Å². The van der Waals surface area contributed by atoms with Crippen molar-refractivity contribution in [1.29, 1.82) is 0 Å². The Morgan fingerprint density at radius 3 is 2.18 bits per heavy atom. The van der Waals surface area contributed by atoms with E-state index >= 15 is 0 Å². The molecule has 100 valence electrons. The van der Waals surface area contributed by atoms with Gasteiger partial charge in [-0.2, -0.15) is 11.8 Å². The maximum Gasteiger partial charge on any atom is 0.326 e. The van der Waals surface area contributed by atoms with Gasteiger partial charge in [-0.25, -0.2) is 9.59 Å². The Morgan fingerprint density at radius 1 is 1.29 bits per heavy atom. The molecule has 0 aliphatic heterocycles. The zero-order valence-electron chi connectivity index (χ0n) is 11.1. The van der Waals surface area contributed by atoms with Gasteiger partial charge >= 0.3 is 12.0 Å². The number of aliphatic carboxylic acids is 1. The lowest BCUT2D eigenvalue weighted by molar-refractivity contribution is -0.141. The zero-order chi connectivity index (χ0) is 13.6. The molecule has 0 spiro atoms. The van der Waals surface area contributed by atoms with Crippen LogP contribution < -0.4 is 0 Å². The number of thioether (sulfide) groups is 1. The minimum Gasteiger partial charge on any atom is -0.480 e. The average molecular weight is 262 g/mol. The number of amides is 2. The van der Waals surface area contributed by atoms with Crippen LogP contribution in [0.2, 0.25) is 0 Å². The van der Waals surface area contributed by atoms with Crippen molar-refractivity contribution in [2.24, 2.45) is 0 Å². The van der Waals surface area contributed by atoms with Crippen molar-refractivity contribution in [3.63, 3.8) is 0 Å². The van der Waals surface area contributed by atoms with Crippen LogP contribution in [-0.4, -0.2) is 65.1 Å². The summed E-state index contributed by atoms with van der Waals surface area (Å²) in [4.78, 5) is 25.7. The Balaban J connectivity index is 4.62. The Hall–Kier alpha value is -0.910. The zero-order valence-corrected chi connectivity index (χ0v) is 12.0. The lowest BCUT2D eigenvalue weighted by atomic mass is 10.2. The van der Waals surface area contributed by atoms with Gasteiger partial charge in [0, 0.05) is 25.9 Å². The van der Waals surface area contributed by atoms with Crippen LogP contribution in [0.15, 0.2) is 0 Å². The fraction of sp³-hybridized carbons (Fsp3) is 0.818. The van der Waals surface area contributed by atoms with Gasteiger partial charge in [-0.1, -0.05) is 6.92 Å². The summed E-state index contributed by atoms with van der Waals surface area (Å²) >= 11 is 1.68. The summed E-state index contributed by atoms with van der Waals surface area (Å²) in [7, 11) is 3.24. The Kier molecular flexibility index (Phi) is 7.03. The third-order valence-corrected chi connectivity index (χ3v) is 3.64. The Morgan fingerprint density at radius 2 is 1.82 bits per heavy atom. The van der Waals surface area contributed by atoms with Gasteiger partial charge < -0.3 is 14.9 Å². The number of carboxylic acid groups (broad SMARTS) is 1. The third kappa shape index (κ3) is 4.46. The molecule has 0 radical (unpaired) electrons. The molecular formula is C11H22N2O3S. The highest BCUT2D eigenvalue weighted by Gasteiger charge is 2.27. The van der Waals surface area contributed by atoms with Crippen molar-refractivity contribution in [3.05, 3.63) is 0 Å². The average Bonchev–Trinajstić information content (AvgIpc) is 2.32. The highest BCUT2D eigenvalue weighted by Crippen LogP contribution is 2.11. The number of hydrogen-bond donors (Lipinski definition) is 1. The fourth-order valence-corrected chi connectivity index (χ4v) is 2.28. The normalized spacial score (nSPS) is 13.9. The van der Waals surface area contributed by atoms with Crippen molar-refractivity contribution in [3.8, 4) is 0 Å². The number of carbonyl (C=O) groups excluding carboxylic acids is 1. The Labute approximate surface area is 107 Å². The van der Waals surface area contributed by atoms with Gasteiger partial charge in [0.05, 0.1) is 0 Å². The fourth-order valence-electron chi connectivity index (χ4n) is 1.43. The first-order chi connectivity index (χ1) is 7.86. The molecule has 0 aromatic carbocycles. The van der Waals surface area contributed by atoms with Crippen molar-refractivity contribution in [2.45, 2.75) is 32.4 Å². The predicted octanol–water partition coefficient (Wildman–Crippen LogP) is 1.58. The second-order valence-corrected chi connectivity index (χ2v) is 4.95. The molecule has 2 unspecified atom stereocenters. The molecule has 0 bridgehead atoms. The van der Waals surface area contributed by atoms with Crippen LogP contribution in [0.25, 0.3) is 0 Å². The van der Waals surface area contributed by atoms with Crippen molar-refractivity contribution >= 4 is 23.8 Å². The molecule has 0 heterocycles. The number of carbonyl (C=O) groups is 2. The first kappa shape index (κ1) is 16.1. The van der Waals surface area contributed by atoms with Gasteiger partial charge in [-0.3, -0.25) is 0 Å². The molecule has 6 heteroatoms. The van der Waals surface area contributed by atoms with Crippen LogP contribution in [0.5, 0.6) is 0 Å². The summed E-state index contributed by atoms with van der Waals surface area (Å²) in [5, 5.41) is 8.87. The van der Waals surface area contributed by atoms with E-state index in [1.165, 1.54) is 18.9 Å². The van der Waals surface area contributed by atoms with Crippen molar-refractivity contribution in [1.82, 2.24) is 9.80 Å².